The van der Waals surface area contributed by atoms with Crippen molar-refractivity contribution in [3.63, 3.8) is 0 Å². The average Bonchev–Trinajstić information content (AvgIpc) is 3.06. The number of ether oxygens (including phenoxy) is 1. The highest BCUT2D eigenvalue weighted by Crippen LogP contribution is 2.25. The lowest BCUT2D eigenvalue weighted by Crippen LogP contribution is -2.55. The first-order valence-electron chi connectivity index (χ1n) is 9.19. The van der Waals surface area contributed by atoms with Gasteiger partial charge in [-0.1, -0.05) is 26.0 Å². The van der Waals surface area contributed by atoms with Gasteiger partial charge in [0.25, 0.3) is 0 Å². The van der Waals surface area contributed by atoms with Crippen LogP contribution in [0, 0.1) is 5.92 Å². The van der Waals surface area contributed by atoms with Crippen LogP contribution in [-0.2, 0) is 11.2 Å². The number of aryl methyl sites for hydroxylation is 1. The van der Waals surface area contributed by atoms with Crippen LogP contribution in [0.2, 0.25) is 0 Å². The van der Waals surface area contributed by atoms with Crippen LogP contribution in [0.4, 0.5) is 0 Å². The lowest BCUT2D eigenvalue weighted by Gasteiger charge is -2.33. The van der Waals surface area contributed by atoms with Crippen molar-refractivity contribution >= 4 is 5.91 Å². The van der Waals surface area contributed by atoms with Crippen LogP contribution in [-0.4, -0.2) is 24.1 Å². The smallest absolute Gasteiger partial charge is 0.220 e. The molecule has 1 unspecified atom stereocenters. The molecule has 0 aromatic heterocycles. The fourth-order valence-corrected chi connectivity index (χ4v) is 3.04. The Hall–Kier alpha value is -1.55. The van der Waals surface area contributed by atoms with Gasteiger partial charge in [0.15, 0.2) is 0 Å². The molecule has 3 N–H and O–H groups in total. The van der Waals surface area contributed by atoms with Gasteiger partial charge in [-0.2, -0.15) is 0 Å². The minimum atomic E-state index is -0.343. The van der Waals surface area contributed by atoms with Crippen LogP contribution < -0.4 is 15.8 Å². The maximum absolute atomic E-state index is 12.3. The molecule has 0 heterocycles. The summed E-state index contributed by atoms with van der Waals surface area (Å²) in [5, 5.41) is 3.09. The normalized spacial score (nSPS) is 17.7. The number of amides is 1. The predicted molar refractivity (Wildman–Crippen MR) is 98.1 cm³/mol. The van der Waals surface area contributed by atoms with E-state index in [4.69, 9.17) is 10.5 Å². The molecule has 0 spiro atoms. The number of benzene rings is 1. The van der Waals surface area contributed by atoms with Crippen molar-refractivity contribution in [1.82, 2.24) is 5.32 Å². The zero-order valence-electron chi connectivity index (χ0n) is 15.3. The Balaban J connectivity index is 1.86. The van der Waals surface area contributed by atoms with Crippen LogP contribution in [0.15, 0.2) is 24.3 Å². The van der Waals surface area contributed by atoms with E-state index in [9.17, 15) is 4.79 Å². The van der Waals surface area contributed by atoms with Crippen molar-refractivity contribution in [3.05, 3.63) is 29.8 Å². The first kappa shape index (κ1) is 18.8. The second kappa shape index (κ2) is 8.52. The summed E-state index contributed by atoms with van der Waals surface area (Å²) in [7, 11) is 0. The van der Waals surface area contributed by atoms with E-state index in [1.807, 2.05) is 19.1 Å². The predicted octanol–water partition coefficient (Wildman–Crippen LogP) is 3.43. The zero-order chi connectivity index (χ0) is 17.6. The van der Waals surface area contributed by atoms with Gasteiger partial charge in [-0.25, -0.2) is 0 Å². The Morgan fingerprint density at radius 1 is 1.38 bits per heavy atom. The maximum atomic E-state index is 12.3. The third-order valence-corrected chi connectivity index (χ3v) is 5.27. The number of hydrogen-bond acceptors (Lipinski definition) is 3. The monoisotopic (exact) mass is 332 g/mol. The third kappa shape index (κ3) is 5.23. The highest BCUT2D eigenvalue weighted by Gasteiger charge is 2.28. The zero-order valence-corrected chi connectivity index (χ0v) is 15.3. The number of hydrogen-bond donors (Lipinski definition) is 2. The van der Waals surface area contributed by atoms with Gasteiger partial charge in [0.2, 0.25) is 5.91 Å². The Labute approximate surface area is 146 Å². The molecule has 4 nitrogen and oxygen atoms in total. The van der Waals surface area contributed by atoms with Crippen LogP contribution in [0.3, 0.4) is 0 Å². The minimum Gasteiger partial charge on any atom is -0.490 e. The highest BCUT2D eigenvalue weighted by molar-refractivity contribution is 5.77. The van der Waals surface area contributed by atoms with E-state index < -0.39 is 0 Å². The average molecular weight is 332 g/mol. The lowest BCUT2D eigenvalue weighted by atomic mass is 9.88. The number of nitrogens with one attached hydrogen (secondary N) is 1. The molecule has 4 heteroatoms. The minimum absolute atomic E-state index is 0.0544. The van der Waals surface area contributed by atoms with Gasteiger partial charge in [0, 0.05) is 13.0 Å². The van der Waals surface area contributed by atoms with Crippen molar-refractivity contribution in [2.45, 2.75) is 70.9 Å². The van der Waals surface area contributed by atoms with Crippen LogP contribution in [0.5, 0.6) is 5.75 Å². The Morgan fingerprint density at radius 2 is 2.08 bits per heavy atom. The number of carbonyl (C=O) groups excluding carboxylic acids is 1. The van der Waals surface area contributed by atoms with E-state index in [1.165, 1.54) is 12.8 Å². The van der Waals surface area contributed by atoms with Gasteiger partial charge in [-0.05, 0) is 62.6 Å². The molecule has 1 amide bonds. The Bertz CT molecular complexity index is 538. The van der Waals surface area contributed by atoms with Crippen molar-refractivity contribution in [2.24, 2.45) is 11.7 Å². The van der Waals surface area contributed by atoms with E-state index in [0.717, 1.165) is 24.2 Å². The van der Waals surface area contributed by atoms with E-state index in [2.05, 4.69) is 31.3 Å². The van der Waals surface area contributed by atoms with Gasteiger partial charge in [0.05, 0.1) is 11.6 Å². The maximum Gasteiger partial charge on any atom is 0.220 e. The third-order valence-electron chi connectivity index (χ3n) is 5.27. The summed E-state index contributed by atoms with van der Waals surface area (Å²) >= 11 is 0. The topological polar surface area (TPSA) is 64.3 Å². The first-order chi connectivity index (χ1) is 11.4. The van der Waals surface area contributed by atoms with E-state index in [0.29, 0.717) is 31.4 Å². The molecule has 0 bridgehead atoms. The molecule has 1 aliphatic carbocycles. The van der Waals surface area contributed by atoms with Crippen molar-refractivity contribution < 1.29 is 9.53 Å². The van der Waals surface area contributed by atoms with Crippen molar-refractivity contribution in [1.29, 1.82) is 0 Å². The van der Waals surface area contributed by atoms with Gasteiger partial charge in [-0.3, -0.25) is 4.79 Å². The molecule has 134 valence electrons. The summed E-state index contributed by atoms with van der Waals surface area (Å²) in [6, 6.07) is 8.14. The molecule has 0 radical (unpaired) electrons. The number of rotatable bonds is 8. The van der Waals surface area contributed by atoms with Gasteiger partial charge in [-0.15, -0.1) is 0 Å². The van der Waals surface area contributed by atoms with E-state index in [1.54, 1.807) is 0 Å². The summed E-state index contributed by atoms with van der Waals surface area (Å²) in [5.74, 6) is 1.28. The molecule has 1 aliphatic rings. The summed E-state index contributed by atoms with van der Waals surface area (Å²) in [6.45, 7) is 6.61. The first-order valence-corrected chi connectivity index (χ1v) is 9.19. The van der Waals surface area contributed by atoms with Crippen molar-refractivity contribution in [3.8, 4) is 5.75 Å². The van der Waals surface area contributed by atoms with E-state index >= 15 is 0 Å². The van der Waals surface area contributed by atoms with Gasteiger partial charge >= 0.3 is 0 Å². The molecule has 2 rings (SSSR count). The number of nitrogens with two attached hydrogens (primary N) is 1. The quantitative estimate of drug-likeness (QED) is 0.766. The standard InChI is InChI=1S/C20H32N2O2/c1-15(2)20(3,14-21)22-19(23)12-11-16-7-6-10-18(13-16)24-17-8-4-5-9-17/h6-7,10,13,15,17H,4-5,8-9,11-12,14,21H2,1-3H3,(H,22,23). The van der Waals surface area contributed by atoms with Crippen LogP contribution in [0.25, 0.3) is 0 Å². The summed E-state index contributed by atoms with van der Waals surface area (Å²) < 4.78 is 6.04. The fraction of sp³-hybridized carbons (Fsp3) is 0.650. The molecule has 1 aromatic carbocycles. The number of carbonyl (C=O) groups is 1. The SMILES string of the molecule is CC(C)C(C)(CN)NC(=O)CCc1cccc(OC2CCCC2)c1. The van der Waals surface area contributed by atoms with Crippen LogP contribution in [0.1, 0.15) is 58.4 Å². The lowest BCUT2D eigenvalue weighted by molar-refractivity contribution is -0.123. The largest absolute Gasteiger partial charge is 0.490 e. The summed E-state index contributed by atoms with van der Waals surface area (Å²) in [6.07, 6.45) is 6.38. The van der Waals surface area contributed by atoms with Gasteiger partial charge < -0.3 is 15.8 Å². The van der Waals surface area contributed by atoms with Crippen molar-refractivity contribution in [2.75, 3.05) is 6.54 Å². The Kier molecular flexibility index (Phi) is 6.67. The molecule has 0 aliphatic heterocycles. The summed E-state index contributed by atoms with van der Waals surface area (Å²) in [5.41, 5.74) is 6.63. The second-order valence-electron chi connectivity index (χ2n) is 7.50. The molecule has 1 aromatic rings. The molecule has 24 heavy (non-hydrogen) atoms. The molecule has 1 saturated carbocycles. The molecule has 1 fully saturated rings. The molecular formula is C20H32N2O2. The highest BCUT2D eigenvalue weighted by atomic mass is 16.5. The van der Waals surface area contributed by atoms with Gasteiger partial charge in [0.1, 0.15) is 5.75 Å². The molecule has 0 saturated heterocycles. The molecular weight excluding hydrogens is 300 g/mol. The Morgan fingerprint density at radius 3 is 2.71 bits per heavy atom. The molecule has 1 atom stereocenters. The van der Waals surface area contributed by atoms with E-state index in [-0.39, 0.29) is 11.4 Å². The van der Waals surface area contributed by atoms with Crippen LogP contribution >= 0.6 is 0 Å². The fourth-order valence-electron chi connectivity index (χ4n) is 3.04. The summed E-state index contributed by atoms with van der Waals surface area (Å²) in [4.78, 5) is 12.3. The second-order valence-corrected chi connectivity index (χ2v) is 7.50.